The highest BCUT2D eigenvalue weighted by Gasteiger charge is 2.38. The van der Waals surface area contributed by atoms with Crippen molar-refractivity contribution in [1.29, 1.82) is 0 Å². The number of hydrogen-bond acceptors (Lipinski definition) is 6. The van der Waals surface area contributed by atoms with Crippen LogP contribution in [0.1, 0.15) is 76.3 Å². The number of rotatable bonds is 10. The first-order valence-corrected chi connectivity index (χ1v) is 15.3. The van der Waals surface area contributed by atoms with E-state index in [2.05, 4.69) is 40.2 Å². The molecule has 1 saturated heterocycles. The average molecular weight is 591 g/mol. The molecule has 3 aliphatic rings. The van der Waals surface area contributed by atoms with E-state index in [4.69, 9.17) is 9.47 Å². The molecule has 2 atom stereocenters. The minimum Gasteiger partial charge on any atom is -0.449 e. The topological polar surface area (TPSA) is 126 Å². The van der Waals surface area contributed by atoms with Crippen LogP contribution in [0.4, 0.5) is 9.59 Å². The van der Waals surface area contributed by atoms with Gasteiger partial charge < -0.3 is 25.4 Å². The van der Waals surface area contributed by atoms with Crippen molar-refractivity contribution in [1.82, 2.24) is 20.9 Å². The summed E-state index contributed by atoms with van der Waals surface area (Å²) in [7, 11) is 0. The van der Waals surface area contributed by atoms with Crippen LogP contribution in [0, 0.1) is 0 Å². The monoisotopic (exact) mass is 590 g/mol. The molecule has 0 bridgehead atoms. The summed E-state index contributed by atoms with van der Waals surface area (Å²) in [5.74, 6) is -0.651. The van der Waals surface area contributed by atoms with Crippen molar-refractivity contribution >= 4 is 24.0 Å². The van der Waals surface area contributed by atoms with Crippen LogP contribution in [-0.2, 0) is 19.1 Å². The van der Waals surface area contributed by atoms with E-state index in [-0.39, 0.29) is 36.9 Å². The number of carbonyl (C=O) groups excluding carboxylic acids is 4. The lowest BCUT2D eigenvalue weighted by molar-refractivity contribution is -0.131. The molecule has 1 saturated carbocycles. The number of likely N-dealkylation sites (tertiary alicyclic amines) is 1. The normalized spacial score (nSPS) is 18.3. The highest BCUT2D eigenvalue weighted by Crippen LogP contribution is 2.44. The van der Waals surface area contributed by atoms with Gasteiger partial charge in [0, 0.05) is 25.0 Å². The van der Waals surface area contributed by atoms with Crippen LogP contribution < -0.4 is 16.0 Å². The Morgan fingerprint density at radius 1 is 0.953 bits per heavy atom. The van der Waals surface area contributed by atoms with Crippen molar-refractivity contribution in [3.8, 4) is 11.1 Å². The molecule has 1 unspecified atom stereocenters. The first-order chi connectivity index (χ1) is 20.6. The zero-order valence-electron chi connectivity index (χ0n) is 25.2. The molecule has 1 heterocycles. The predicted molar refractivity (Wildman–Crippen MR) is 161 cm³/mol. The van der Waals surface area contributed by atoms with Crippen molar-refractivity contribution in [3.63, 3.8) is 0 Å². The average Bonchev–Trinajstić information content (AvgIpc) is 3.53. The van der Waals surface area contributed by atoms with Gasteiger partial charge in [-0.2, -0.15) is 0 Å². The molecule has 0 spiro atoms. The smallest absolute Gasteiger partial charge is 0.410 e. The zero-order chi connectivity index (χ0) is 30.6. The number of hydrogen-bond donors (Lipinski definition) is 3. The van der Waals surface area contributed by atoms with Crippen molar-refractivity contribution in [3.05, 3.63) is 59.7 Å². The SMILES string of the molecule is CC(C)(C)OC(=O)N1CCCC1C(=O)N[C@@H](CCCNC(=O)OCC1c2ccccc2-c2ccccc21)C(=O)NC1CC1. The first kappa shape index (κ1) is 30.4. The number of benzene rings is 2. The third-order valence-corrected chi connectivity index (χ3v) is 8.02. The minimum absolute atomic E-state index is 0.0281. The van der Waals surface area contributed by atoms with E-state index in [1.807, 2.05) is 24.3 Å². The number of nitrogens with zero attached hydrogens (tertiary/aromatic N) is 1. The molecule has 0 aromatic heterocycles. The van der Waals surface area contributed by atoms with Gasteiger partial charge in [0.15, 0.2) is 0 Å². The summed E-state index contributed by atoms with van der Waals surface area (Å²) in [6.07, 6.45) is 2.75. The molecule has 2 fully saturated rings. The number of nitrogens with one attached hydrogen (secondary N) is 3. The summed E-state index contributed by atoms with van der Waals surface area (Å²) in [4.78, 5) is 52.9. The number of alkyl carbamates (subject to hydrolysis) is 1. The summed E-state index contributed by atoms with van der Waals surface area (Å²) in [5.41, 5.74) is 3.94. The van der Waals surface area contributed by atoms with Crippen LogP contribution in [0.5, 0.6) is 0 Å². The summed E-state index contributed by atoms with van der Waals surface area (Å²) in [5, 5.41) is 8.60. The molecular weight excluding hydrogens is 548 g/mol. The van der Waals surface area contributed by atoms with Gasteiger partial charge in [0.1, 0.15) is 24.3 Å². The summed E-state index contributed by atoms with van der Waals surface area (Å²) in [6, 6.07) is 15.0. The molecule has 10 nitrogen and oxygen atoms in total. The maximum Gasteiger partial charge on any atom is 0.410 e. The van der Waals surface area contributed by atoms with Gasteiger partial charge in [-0.15, -0.1) is 0 Å². The van der Waals surface area contributed by atoms with E-state index in [0.29, 0.717) is 32.2 Å². The van der Waals surface area contributed by atoms with Crippen LogP contribution in [0.25, 0.3) is 11.1 Å². The molecule has 2 aromatic rings. The Morgan fingerprint density at radius 2 is 1.60 bits per heavy atom. The fourth-order valence-electron chi connectivity index (χ4n) is 5.79. The van der Waals surface area contributed by atoms with Gasteiger partial charge in [-0.05, 0) is 81.5 Å². The van der Waals surface area contributed by atoms with Crippen molar-refractivity contribution < 1.29 is 28.7 Å². The standard InChI is InChI=1S/C33H42N4O6/c1-33(2,3)43-32(41)37-19-9-15-28(37)30(39)36-27(29(38)35-21-16-17-21)14-8-18-34-31(40)42-20-26-24-12-6-4-10-22(24)23-11-5-7-13-25(23)26/h4-7,10-13,21,26-28H,8-9,14-20H2,1-3H3,(H,34,40)(H,35,38)(H,36,39)/t27-,28?/m0/s1. The molecule has 2 aliphatic carbocycles. The lowest BCUT2D eigenvalue weighted by Crippen LogP contribution is -2.54. The van der Waals surface area contributed by atoms with E-state index >= 15 is 0 Å². The number of ether oxygens (including phenoxy) is 2. The maximum absolute atomic E-state index is 13.2. The Kier molecular flexibility index (Phi) is 9.22. The van der Waals surface area contributed by atoms with Gasteiger partial charge in [-0.1, -0.05) is 48.5 Å². The van der Waals surface area contributed by atoms with Crippen LogP contribution in [0.2, 0.25) is 0 Å². The fraction of sp³-hybridized carbons (Fsp3) is 0.515. The van der Waals surface area contributed by atoms with Gasteiger partial charge in [0.2, 0.25) is 11.8 Å². The van der Waals surface area contributed by atoms with Crippen LogP contribution in [0.3, 0.4) is 0 Å². The Balaban J connectivity index is 1.11. The molecular formula is C33H42N4O6. The number of fused-ring (bicyclic) bond motifs is 3. The fourth-order valence-corrected chi connectivity index (χ4v) is 5.79. The van der Waals surface area contributed by atoms with Crippen molar-refractivity contribution in [2.24, 2.45) is 0 Å². The van der Waals surface area contributed by atoms with Crippen LogP contribution >= 0.6 is 0 Å². The van der Waals surface area contributed by atoms with E-state index in [0.717, 1.165) is 35.1 Å². The zero-order valence-corrected chi connectivity index (χ0v) is 25.2. The van der Waals surface area contributed by atoms with E-state index in [1.165, 1.54) is 4.90 Å². The Labute approximate surface area is 252 Å². The van der Waals surface area contributed by atoms with E-state index in [9.17, 15) is 19.2 Å². The number of amides is 4. The van der Waals surface area contributed by atoms with Crippen LogP contribution in [0.15, 0.2) is 48.5 Å². The minimum atomic E-state index is -0.779. The summed E-state index contributed by atoms with van der Waals surface area (Å²) >= 11 is 0. The Bertz CT molecular complexity index is 1310. The third-order valence-electron chi connectivity index (χ3n) is 8.02. The molecule has 0 radical (unpaired) electrons. The quantitative estimate of drug-likeness (QED) is 0.351. The second-order valence-electron chi connectivity index (χ2n) is 12.6. The maximum atomic E-state index is 13.2. The Hall–Kier alpha value is -4.08. The van der Waals surface area contributed by atoms with Crippen molar-refractivity contribution in [2.45, 2.75) is 88.9 Å². The molecule has 43 heavy (non-hydrogen) atoms. The van der Waals surface area contributed by atoms with Gasteiger partial charge >= 0.3 is 12.2 Å². The number of carbonyl (C=O) groups is 4. The molecule has 4 amide bonds. The molecule has 1 aliphatic heterocycles. The molecule has 10 heteroatoms. The summed E-state index contributed by atoms with van der Waals surface area (Å²) < 4.78 is 11.1. The lowest BCUT2D eigenvalue weighted by atomic mass is 9.98. The summed E-state index contributed by atoms with van der Waals surface area (Å²) in [6.45, 7) is 6.28. The van der Waals surface area contributed by atoms with Gasteiger partial charge in [-0.25, -0.2) is 9.59 Å². The van der Waals surface area contributed by atoms with E-state index in [1.54, 1.807) is 20.8 Å². The molecule has 230 valence electrons. The first-order valence-electron chi connectivity index (χ1n) is 15.3. The van der Waals surface area contributed by atoms with Crippen LogP contribution in [-0.4, -0.2) is 72.3 Å². The Morgan fingerprint density at radius 3 is 2.23 bits per heavy atom. The largest absolute Gasteiger partial charge is 0.449 e. The second kappa shape index (κ2) is 13.1. The van der Waals surface area contributed by atoms with Gasteiger partial charge in [-0.3, -0.25) is 14.5 Å². The van der Waals surface area contributed by atoms with E-state index < -0.39 is 29.9 Å². The van der Waals surface area contributed by atoms with Gasteiger partial charge in [0.25, 0.3) is 0 Å². The second-order valence-corrected chi connectivity index (χ2v) is 12.6. The lowest BCUT2D eigenvalue weighted by Gasteiger charge is -2.29. The highest BCUT2D eigenvalue weighted by atomic mass is 16.6. The molecule has 3 N–H and O–H groups in total. The van der Waals surface area contributed by atoms with Gasteiger partial charge in [0.05, 0.1) is 0 Å². The van der Waals surface area contributed by atoms with Crippen molar-refractivity contribution in [2.75, 3.05) is 19.7 Å². The predicted octanol–water partition coefficient (Wildman–Crippen LogP) is 4.47. The molecule has 5 rings (SSSR count). The highest BCUT2D eigenvalue weighted by molar-refractivity contribution is 5.91. The molecule has 2 aromatic carbocycles. The third kappa shape index (κ3) is 7.66.